The van der Waals surface area contributed by atoms with Gasteiger partial charge in [0.05, 0.1) is 20.3 Å². The summed E-state index contributed by atoms with van der Waals surface area (Å²) in [6, 6.07) is 0. The Balaban J connectivity index is 2.81. The number of nitrogens with one attached hydrogen (secondary N) is 1. The third-order valence-electron chi connectivity index (χ3n) is 5.29. The van der Waals surface area contributed by atoms with Crippen molar-refractivity contribution in [2.45, 2.75) is 60.5 Å². The summed E-state index contributed by atoms with van der Waals surface area (Å²) >= 11 is 0. The van der Waals surface area contributed by atoms with Gasteiger partial charge in [0.25, 0.3) is 0 Å². The van der Waals surface area contributed by atoms with Gasteiger partial charge in [0.1, 0.15) is 0 Å². The number of pyridine rings is 1. The van der Waals surface area contributed by atoms with Crippen LogP contribution in [0.1, 0.15) is 52.3 Å². The number of aromatic amines is 1. The Morgan fingerprint density at radius 1 is 1.20 bits per heavy atom. The zero-order valence-corrected chi connectivity index (χ0v) is 19.6. The molecular weight excluding hydrogens is 378 g/mol. The van der Waals surface area contributed by atoms with Gasteiger partial charge in [-0.2, -0.15) is 0 Å². The highest BCUT2D eigenvalue weighted by atomic mass is 16.5. The molecule has 0 aliphatic carbocycles. The molecule has 166 valence electrons. The molecule has 0 unspecified atom stereocenters. The summed E-state index contributed by atoms with van der Waals surface area (Å²) in [7, 11) is 2.97. The molecule has 0 bridgehead atoms. The van der Waals surface area contributed by atoms with Crippen LogP contribution >= 0.6 is 0 Å². The van der Waals surface area contributed by atoms with Crippen molar-refractivity contribution in [3.63, 3.8) is 0 Å². The molecule has 0 amide bonds. The van der Waals surface area contributed by atoms with Gasteiger partial charge < -0.3 is 19.6 Å². The summed E-state index contributed by atoms with van der Waals surface area (Å²) in [4.78, 5) is 15.5. The van der Waals surface area contributed by atoms with Crippen LogP contribution in [0.15, 0.2) is 51.9 Å². The van der Waals surface area contributed by atoms with E-state index in [2.05, 4.69) is 36.2 Å². The zero-order chi connectivity index (χ0) is 22.8. The van der Waals surface area contributed by atoms with Crippen LogP contribution < -0.4 is 14.9 Å². The van der Waals surface area contributed by atoms with E-state index in [1.54, 1.807) is 6.92 Å². The highest BCUT2D eigenvalue weighted by molar-refractivity contribution is 5.40. The minimum Gasteiger partial charge on any atom is -0.488 e. The first kappa shape index (κ1) is 25.5. The SMILES string of the molecule is C/C=C(\C)[C@@H](O)[C@@H](C)/C=C(\C)C/C=C/C(C)=C/Cc1[nH]c(OC)c(OC)c(=O)c1C. The lowest BCUT2D eigenvalue weighted by atomic mass is 9.95. The number of methoxy groups -OCH3 is 2. The monoisotopic (exact) mass is 415 g/mol. The lowest BCUT2D eigenvalue weighted by Gasteiger charge is -2.17. The molecule has 0 saturated heterocycles. The molecule has 5 nitrogen and oxygen atoms in total. The van der Waals surface area contributed by atoms with Crippen molar-refractivity contribution in [1.82, 2.24) is 4.98 Å². The van der Waals surface area contributed by atoms with Gasteiger partial charge in [-0.1, -0.05) is 48.5 Å². The minimum atomic E-state index is -0.442. The third-order valence-corrected chi connectivity index (χ3v) is 5.29. The smallest absolute Gasteiger partial charge is 0.238 e. The van der Waals surface area contributed by atoms with Gasteiger partial charge in [-0.25, -0.2) is 0 Å². The van der Waals surface area contributed by atoms with Crippen LogP contribution in [0.4, 0.5) is 0 Å². The molecule has 0 radical (unpaired) electrons. The van der Waals surface area contributed by atoms with Gasteiger partial charge >= 0.3 is 0 Å². The molecule has 1 aromatic rings. The first-order valence-electron chi connectivity index (χ1n) is 10.3. The predicted molar refractivity (Wildman–Crippen MR) is 124 cm³/mol. The molecule has 1 aromatic heterocycles. The average Bonchev–Trinajstić information content (AvgIpc) is 2.73. The van der Waals surface area contributed by atoms with E-state index >= 15 is 0 Å². The number of hydrogen-bond donors (Lipinski definition) is 2. The lowest BCUT2D eigenvalue weighted by molar-refractivity contribution is 0.172. The van der Waals surface area contributed by atoms with Crippen LogP contribution in [0.3, 0.4) is 0 Å². The highest BCUT2D eigenvalue weighted by Gasteiger charge is 2.15. The molecule has 0 fully saturated rings. The van der Waals surface area contributed by atoms with Crippen molar-refractivity contribution in [1.29, 1.82) is 0 Å². The van der Waals surface area contributed by atoms with E-state index in [1.807, 2.05) is 33.8 Å². The van der Waals surface area contributed by atoms with Crippen LogP contribution in [0.5, 0.6) is 11.6 Å². The fourth-order valence-electron chi connectivity index (χ4n) is 3.19. The van der Waals surface area contributed by atoms with Crippen molar-refractivity contribution >= 4 is 0 Å². The van der Waals surface area contributed by atoms with Gasteiger partial charge in [0.15, 0.2) is 0 Å². The second-order valence-corrected chi connectivity index (χ2v) is 7.73. The molecule has 1 heterocycles. The predicted octanol–water partition coefficient (Wildman–Crippen LogP) is 5.05. The molecule has 5 heteroatoms. The normalized spacial score (nSPS) is 15.4. The van der Waals surface area contributed by atoms with Crippen LogP contribution in [0, 0.1) is 12.8 Å². The van der Waals surface area contributed by atoms with E-state index in [0.29, 0.717) is 17.9 Å². The second kappa shape index (κ2) is 12.2. The number of aliphatic hydroxyl groups is 1. The van der Waals surface area contributed by atoms with Crippen molar-refractivity contribution in [2.75, 3.05) is 14.2 Å². The maximum atomic E-state index is 12.4. The fourth-order valence-corrected chi connectivity index (χ4v) is 3.19. The third kappa shape index (κ3) is 7.06. The summed E-state index contributed by atoms with van der Waals surface area (Å²) in [6.45, 7) is 11.8. The number of rotatable bonds is 10. The van der Waals surface area contributed by atoms with Crippen LogP contribution in [0.2, 0.25) is 0 Å². The van der Waals surface area contributed by atoms with Gasteiger partial charge in [-0.15, -0.1) is 0 Å². The first-order valence-corrected chi connectivity index (χ1v) is 10.3. The topological polar surface area (TPSA) is 71.6 Å². The number of aliphatic hydroxyl groups excluding tert-OH is 1. The first-order chi connectivity index (χ1) is 14.2. The Bertz CT molecular complexity index is 887. The molecule has 0 aliphatic heterocycles. The fraction of sp³-hybridized carbons (Fsp3) is 0.480. The average molecular weight is 416 g/mol. The highest BCUT2D eigenvalue weighted by Crippen LogP contribution is 2.22. The molecule has 1 rings (SSSR count). The van der Waals surface area contributed by atoms with Crippen molar-refractivity contribution < 1.29 is 14.6 Å². The zero-order valence-electron chi connectivity index (χ0n) is 19.6. The lowest BCUT2D eigenvalue weighted by Crippen LogP contribution is -2.17. The summed E-state index contributed by atoms with van der Waals surface area (Å²) in [5, 5.41) is 10.3. The Morgan fingerprint density at radius 2 is 1.87 bits per heavy atom. The van der Waals surface area contributed by atoms with Gasteiger partial charge in [0.2, 0.25) is 17.1 Å². The molecule has 0 aliphatic rings. The van der Waals surface area contributed by atoms with E-state index < -0.39 is 6.10 Å². The Labute approximate surface area is 180 Å². The number of aromatic nitrogens is 1. The number of ether oxygens (including phenoxy) is 2. The molecule has 0 aromatic carbocycles. The van der Waals surface area contributed by atoms with Gasteiger partial charge in [0, 0.05) is 23.6 Å². The quantitative estimate of drug-likeness (QED) is 0.415. The molecule has 30 heavy (non-hydrogen) atoms. The Kier molecular flexibility index (Phi) is 10.4. The maximum Gasteiger partial charge on any atom is 0.238 e. The summed E-state index contributed by atoms with van der Waals surface area (Å²) in [5.74, 6) is 0.622. The molecule has 2 atom stereocenters. The van der Waals surface area contributed by atoms with Crippen molar-refractivity contribution in [3.05, 3.63) is 68.6 Å². The Hall–Kier alpha value is -2.53. The van der Waals surface area contributed by atoms with E-state index in [-0.39, 0.29) is 17.1 Å². The molecule has 0 spiro atoms. The summed E-state index contributed by atoms with van der Waals surface area (Å²) in [6.07, 6.45) is 11.3. The minimum absolute atomic E-state index is 0.0797. The van der Waals surface area contributed by atoms with Crippen molar-refractivity contribution in [2.24, 2.45) is 5.92 Å². The maximum absolute atomic E-state index is 12.4. The summed E-state index contributed by atoms with van der Waals surface area (Å²) < 4.78 is 10.4. The molecular formula is C25H37NO4. The molecule has 0 saturated carbocycles. The van der Waals surface area contributed by atoms with Gasteiger partial charge in [-0.3, -0.25) is 4.79 Å². The van der Waals surface area contributed by atoms with E-state index in [0.717, 1.165) is 23.3 Å². The van der Waals surface area contributed by atoms with Crippen LogP contribution in [0.25, 0.3) is 0 Å². The number of hydrogen-bond acceptors (Lipinski definition) is 4. The van der Waals surface area contributed by atoms with Crippen LogP contribution in [-0.4, -0.2) is 30.4 Å². The number of H-pyrrole nitrogens is 1. The van der Waals surface area contributed by atoms with Crippen LogP contribution in [-0.2, 0) is 6.42 Å². The van der Waals surface area contributed by atoms with E-state index in [1.165, 1.54) is 19.8 Å². The largest absolute Gasteiger partial charge is 0.488 e. The molecule has 2 N–H and O–H groups in total. The summed E-state index contributed by atoms with van der Waals surface area (Å²) in [5.41, 5.74) is 4.59. The Morgan fingerprint density at radius 3 is 2.43 bits per heavy atom. The number of allylic oxidation sites excluding steroid dienone is 6. The van der Waals surface area contributed by atoms with E-state index in [4.69, 9.17) is 9.47 Å². The standard InChI is InChI=1S/C25H37NO4/c1-9-18(4)22(27)19(5)15-17(3)12-10-11-16(2)13-14-21-20(6)23(28)24(29-7)25(26-21)30-8/h9-11,13,15,19,22,27H,12,14H2,1-8H3,(H,26,28)/b11-10+,16-13+,17-15+,18-9+/t19-,22+/m0/s1. The van der Waals surface area contributed by atoms with Crippen molar-refractivity contribution in [3.8, 4) is 11.6 Å². The second-order valence-electron chi connectivity index (χ2n) is 7.73. The van der Waals surface area contributed by atoms with E-state index in [9.17, 15) is 9.90 Å². The van der Waals surface area contributed by atoms with Gasteiger partial charge in [-0.05, 0) is 46.6 Å².